The van der Waals surface area contributed by atoms with Crippen molar-refractivity contribution in [1.29, 1.82) is 0 Å². The van der Waals surface area contributed by atoms with E-state index in [9.17, 15) is 4.79 Å². The van der Waals surface area contributed by atoms with Gasteiger partial charge in [0.25, 0.3) is 5.91 Å². The maximum Gasteiger partial charge on any atom is 0.262 e. The minimum Gasteiger partial charge on any atom is -0.484 e. The van der Waals surface area contributed by atoms with Crippen LogP contribution in [0, 0.1) is 0 Å². The van der Waals surface area contributed by atoms with Crippen LogP contribution in [-0.2, 0) is 4.79 Å². The van der Waals surface area contributed by atoms with Crippen LogP contribution < -0.4 is 10.1 Å². The monoisotopic (exact) mass is 317 g/mol. The van der Waals surface area contributed by atoms with Crippen molar-refractivity contribution in [2.24, 2.45) is 0 Å². The molecule has 0 heterocycles. The number of ether oxygens (including phenoxy) is 1. The fourth-order valence-corrected chi connectivity index (χ4v) is 2.33. The molecule has 0 bridgehead atoms. The first kappa shape index (κ1) is 16.4. The summed E-state index contributed by atoms with van der Waals surface area (Å²) in [4.78, 5) is 12.1. The molecule has 1 N–H and O–H groups in total. The summed E-state index contributed by atoms with van der Waals surface area (Å²) in [7, 11) is 0. The van der Waals surface area contributed by atoms with Gasteiger partial charge in [-0.25, -0.2) is 0 Å². The van der Waals surface area contributed by atoms with Crippen LogP contribution in [0.1, 0.15) is 31.7 Å². The first-order valence-electron chi connectivity index (χ1n) is 7.37. The average molecular weight is 318 g/mol. The molecule has 1 atom stereocenters. The van der Waals surface area contributed by atoms with E-state index in [4.69, 9.17) is 16.3 Å². The summed E-state index contributed by atoms with van der Waals surface area (Å²) in [5, 5.41) is 3.50. The fraction of sp³-hybridized carbons (Fsp3) is 0.278. The largest absolute Gasteiger partial charge is 0.484 e. The number of hydrogen-bond acceptors (Lipinski definition) is 2. The van der Waals surface area contributed by atoms with Gasteiger partial charge >= 0.3 is 0 Å². The van der Waals surface area contributed by atoms with Crippen LogP contribution in [0.25, 0.3) is 0 Å². The molecule has 0 aromatic heterocycles. The molecular formula is C18H20ClNO2. The number of rotatable bonds is 6. The van der Waals surface area contributed by atoms with Crippen LogP contribution in [0.5, 0.6) is 5.75 Å². The van der Waals surface area contributed by atoms with Crippen LogP contribution in [0.4, 0.5) is 5.69 Å². The highest BCUT2D eigenvalue weighted by atomic mass is 35.5. The van der Waals surface area contributed by atoms with E-state index in [0.717, 1.165) is 17.7 Å². The summed E-state index contributed by atoms with van der Waals surface area (Å²) in [6.07, 6.45) is 1.02. The highest BCUT2D eigenvalue weighted by Gasteiger charge is 2.11. The van der Waals surface area contributed by atoms with Crippen LogP contribution in [-0.4, -0.2) is 12.5 Å². The summed E-state index contributed by atoms with van der Waals surface area (Å²) in [5.74, 6) is 0.791. The molecule has 3 nitrogen and oxygen atoms in total. The molecule has 0 fully saturated rings. The van der Waals surface area contributed by atoms with Gasteiger partial charge in [0.05, 0.1) is 0 Å². The van der Waals surface area contributed by atoms with Gasteiger partial charge in [-0.2, -0.15) is 0 Å². The van der Waals surface area contributed by atoms with Gasteiger partial charge in [-0.3, -0.25) is 4.79 Å². The highest BCUT2D eigenvalue weighted by molar-refractivity contribution is 6.30. The second-order valence-corrected chi connectivity index (χ2v) is 5.63. The number of carbonyl (C=O) groups is 1. The molecule has 0 radical (unpaired) electrons. The number of carbonyl (C=O) groups excluding carboxylic acids is 1. The Bertz CT molecular complexity index is 642. The Labute approximate surface area is 136 Å². The summed E-state index contributed by atoms with van der Waals surface area (Å²) < 4.78 is 5.45. The van der Waals surface area contributed by atoms with E-state index in [0.29, 0.717) is 16.7 Å². The Kier molecular flexibility index (Phi) is 5.84. The predicted molar refractivity (Wildman–Crippen MR) is 90.7 cm³/mol. The average Bonchev–Trinajstić information content (AvgIpc) is 2.53. The van der Waals surface area contributed by atoms with Crippen molar-refractivity contribution in [2.75, 3.05) is 11.9 Å². The van der Waals surface area contributed by atoms with E-state index in [1.165, 1.54) is 0 Å². The van der Waals surface area contributed by atoms with Crippen LogP contribution in [0.15, 0.2) is 48.5 Å². The van der Waals surface area contributed by atoms with Gasteiger partial charge < -0.3 is 10.1 Å². The number of para-hydroxylation sites is 1. The molecular weight excluding hydrogens is 298 g/mol. The van der Waals surface area contributed by atoms with Gasteiger partial charge in [0.2, 0.25) is 0 Å². The number of nitrogens with one attached hydrogen (secondary N) is 1. The zero-order chi connectivity index (χ0) is 15.9. The first-order valence-corrected chi connectivity index (χ1v) is 7.75. The summed E-state index contributed by atoms with van der Waals surface area (Å²) in [5.41, 5.74) is 1.98. The normalized spacial score (nSPS) is 11.8. The van der Waals surface area contributed by atoms with Crippen molar-refractivity contribution in [3.05, 3.63) is 59.1 Å². The summed E-state index contributed by atoms with van der Waals surface area (Å²) in [6, 6.07) is 14.9. The molecule has 0 aliphatic heterocycles. The quantitative estimate of drug-likeness (QED) is 0.825. The van der Waals surface area contributed by atoms with Crippen molar-refractivity contribution in [2.45, 2.75) is 26.2 Å². The topological polar surface area (TPSA) is 38.3 Å². The Hall–Kier alpha value is -2.00. The third-order valence-corrected chi connectivity index (χ3v) is 3.78. The minimum absolute atomic E-state index is 0.0464. The Morgan fingerprint density at radius 3 is 2.73 bits per heavy atom. The molecule has 0 aliphatic rings. The molecule has 0 saturated carbocycles. The second-order valence-electron chi connectivity index (χ2n) is 5.19. The van der Waals surface area contributed by atoms with Crippen LogP contribution in [0.2, 0.25) is 5.02 Å². The SMILES string of the molecule is CCC(C)c1ccccc1NC(=O)COc1cccc(Cl)c1. The number of hydrogen-bond donors (Lipinski definition) is 1. The predicted octanol–water partition coefficient (Wildman–Crippen LogP) is 4.87. The third kappa shape index (κ3) is 4.50. The molecule has 0 aliphatic carbocycles. The van der Waals surface area contributed by atoms with Gasteiger partial charge in [0.15, 0.2) is 6.61 Å². The Morgan fingerprint density at radius 1 is 1.23 bits per heavy atom. The Morgan fingerprint density at radius 2 is 2.00 bits per heavy atom. The molecule has 4 heteroatoms. The Balaban J connectivity index is 1.98. The minimum atomic E-state index is -0.185. The fourth-order valence-electron chi connectivity index (χ4n) is 2.15. The molecule has 1 unspecified atom stereocenters. The lowest BCUT2D eigenvalue weighted by atomic mass is 9.97. The molecule has 2 rings (SSSR count). The van der Waals surface area contributed by atoms with Gasteiger partial charge in [0.1, 0.15) is 5.75 Å². The van der Waals surface area contributed by atoms with Crippen molar-refractivity contribution in [3.8, 4) is 5.75 Å². The number of benzene rings is 2. The lowest BCUT2D eigenvalue weighted by molar-refractivity contribution is -0.118. The van der Waals surface area contributed by atoms with Crippen molar-refractivity contribution < 1.29 is 9.53 Å². The van der Waals surface area contributed by atoms with Gasteiger partial charge in [-0.1, -0.05) is 49.7 Å². The zero-order valence-electron chi connectivity index (χ0n) is 12.8. The van der Waals surface area contributed by atoms with E-state index < -0.39 is 0 Å². The van der Waals surface area contributed by atoms with Crippen LogP contribution in [0.3, 0.4) is 0 Å². The van der Waals surface area contributed by atoms with Crippen molar-refractivity contribution >= 4 is 23.2 Å². The number of anilines is 1. The maximum atomic E-state index is 12.1. The van der Waals surface area contributed by atoms with Gasteiger partial charge in [0, 0.05) is 10.7 Å². The lowest BCUT2D eigenvalue weighted by Crippen LogP contribution is -2.21. The summed E-state index contributed by atoms with van der Waals surface area (Å²) in [6.45, 7) is 4.23. The van der Waals surface area contributed by atoms with E-state index in [-0.39, 0.29) is 12.5 Å². The number of amides is 1. The molecule has 116 valence electrons. The third-order valence-electron chi connectivity index (χ3n) is 3.54. The molecule has 2 aromatic rings. The van der Waals surface area contributed by atoms with Crippen molar-refractivity contribution in [3.63, 3.8) is 0 Å². The molecule has 22 heavy (non-hydrogen) atoms. The zero-order valence-corrected chi connectivity index (χ0v) is 13.6. The van der Waals surface area contributed by atoms with Gasteiger partial charge in [-0.15, -0.1) is 0 Å². The molecule has 0 spiro atoms. The maximum absolute atomic E-state index is 12.1. The van der Waals surface area contributed by atoms with E-state index in [1.807, 2.05) is 24.3 Å². The van der Waals surface area contributed by atoms with E-state index in [2.05, 4.69) is 19.2 Å². The van der Waals surface area contributed by atoms with Gasteiger partial charge in [-0.05, 0) is 42.2 Å². The van der Waals surface area contributed by atoms with E-state index >= 15 is 0 Å². The molecule has 2 aromatic carbocycles. The molecule has 1 amide bonds. The van der Waals surface area contributed by atoms with Crippen LogP contribution >= 0.6 is 11.6 Å². The summed E-state index contributed by atoms with van der Waals surface area (Å²) >= 11 is 5.88. The van der Waals surface area contributed by atoms with Crippen molar-refractivity contribution in [1.82, 2.24) is 0 Å². The smallest absolute Gasteiger partial charge is 0.262 e. The highest BCUT2D eigenvalue weighted by Crippen LogP contribution is 2.26. The molecule has 0 saturated heterocycles. The second kappa shape index (κ2) is 7.85. The number of halogens is 1. The van der Waals surface area contributed by atoms with E-state index in [1.54, 1.807) is 24.3 Å². The lowest BCUT2D eigenvalue weighted by Gasteiger charge is -2.15. The first-order chi connectivity index (χ1) is 10.6. The standard InChI is InChI=1S/C18H20ClNO2/c1-3-13(2)16-9-4-5-10-17(16)20-18(21)12-22-15-8-6-7-14(19)11-15/h4-11,13H,3,12H2,1-2H3,(H,20,21).